The summed E-state index contributed by atoms with van der Waals surface area (Å²) < 4.78 is 44.0. The number of nitrogens with zero attached hydrogens (tertiary/aromatic N) is 9. The Morgan fingerprint density at radius 3 is 1.65 bits per heavy atom. The molecule has 4 aromatic carbocycles. The summed E-state index contributed by atoms with van der Waals surface area (Å²) in [5.74, 6) is 1.16. The predicted molar refractivity (Wildman–Crippen MR) is 251 cm³/mol. The molecule has 20 heteroatoms. The Labute approximate surface area is 382 Å². The lowest BCUT2D eigenvalue weighted by molar-refractivity contribution is -0.121. The van der Waals surface area contributed by atoms with Gasteiger partial charge in [0.2, 0.25) is 35.6 Å². The summed E-state index contributed by atoms with van der Waals surface area (Å²) in [5.41, 5.74) is 5.01. The summed E-state index contributed by atoms with van der Waals surface area (Å²) in [7, 11) is -3.43. The standard InChI is InChI=1S/C46H50FN13O5S/c1-30-35(8-6-10-37(30)54-43-48-28-50-45(56-43)59-22-20-34(21-23-59)65-39-12-4-5-13-40(39)66(3,63)64)52-41(61)18-19-42(62)53-36-9-7-11-38(31(36)2)55-44-49-29-51-46(57-44)60-26-24-58(25-27-60)33-16-14-32(47)15-17-33/h4-17,28-29,34H,18-27H2,1-3H3,(H,52,61)(H,53,62)(H,48,50,54,56)(H,49,51,55,57). The SMILES string of the molecule is Cc1c(NC(=O)CCC(=O)Nc2cccc(Nc3ncnc(N4CCN(c5ccc(F)cc5)CC4)n3)c2C)cccc1Nc1ncnc(N2CCC(Oc3ccccc3S(C)(=O)=O)CC2)n1. The van der Waals surface area contributed by atoms with E-state index in [0.29, 0.717) is 91.3 Å². The van der Waals surface area contributed by atoms with Crippen molar-refractivity contribution in [1.29, 1.82) is 0 Å². The van der Waals surface area contributed by atoms with E-state index >= 15 is 0 Å². The summed E-state index contributed by atoms with van der Waals surface area (Å²) in [5, 5.41) is 12.3. The number of hydrogen-bond donors (Lipinski definition) is 4. The normalized spacial score (nSPS) is 14.4. The fourth-order valence-electron chi connectivity index (χ4n) is 7.73. The van der Waals surface area contributed by atoms with Gasteiger partial charge in [0.1, 0.15) is 35.2 Å². The molecule has 18 nitrogen and oxygen atoms in total. The topological polar surface area (TPSA) is 213 Å². The lowest BCUT2D eigenvalue weighted by atomic mass is 10.1. The zero-order chi connectivity index (χ0) is 46.2. The molecule has 6 aromatic rings. The smallest absolute Gasteiger partial charge is 0.232 e. The van der Waals surface area contributed by atoms with Crippen molar-refractivity contribution in [2.24, 2.45) is 0 Å². The molecule has 4 N–H and O–H groups in total. The second kappa shape index (κ2) is 20.1. The van der Waals surface area contributed by atoms with Crippen LogP contribution in [0.4, 0.5) is 56.6 Å². The summed E-state index contributed by atoms with van der Waals surface area (Å²) in [4.78, 5) is 59.4. The van der Waals surface area contributed by atoms with Crippen LogP contribution in [0.5, 0.6) is 5.75 Å². The average molecular weight is 916 g/mol. The molecular weight excluding hydrogens is 866 g/mol. The van der Waals surface area contributed by atoms with Gasteiger partial charge in [0.25, 0.3) is 0 Å². The van der Waals surface area contributed by atoms with Crippen molar-refractivity contribution in [3.63, 3.8) is 0 Å². The molecule has 2 aliphatic heterocycles. The molecule has 0 saturated carbocycles. The van der Waals surface area contributed by atoms with Gasteiger partial charge in [-0.1, -0.05) is 24.3 Å². The highest BCUT2D eigenvalue weighted by atomic mass is 32.2. The highest BCUT2D eigenvalue weighted by Crippen LogP contribution is 2.30. The molecule has 0 atom stereocenters. The third-order valence-electron chi connectivity index (χ3n) is 11.4. The van der Waals surface area contributed by atoms with Crippen molar-refractivity contribution >= 4 is 73.9 Å². The van der Waals surface area contributed by atoms with Crippen LogP contribution in [0.3, 0.4) is 0 Å². The van der Waals surface area contributed by atoms with E-state index in [-0.39, 0.29) is 41.5 Å². The second-order valence-corrected chi connectivity index (χ2v) is 18.0. The van der Waals surface area contributed by atoms with Crippen molar-refractivity contribution in [3.05, 3.63) is 115 Å². The molecule has 4 heterocycles. The van der Waals surface area contributed by atoms with Gasteiger partial charge in [-0.2, -0.15) is 9.97 Å². The molecule has 2 aliphatic rings. The van der Waals surface area contributed by atoms with Crippen LogP contribution in [0.25, 0.3) is 0 Å². The van der Waals surface area contributed by atoms with Crippen LogP contribution in [0.15, 0.2) is 102 Å². The first kappa shape index (κ1) is 45.1. The van der Waals surface area contributed by atoms with Crippen LogP contribution in [0.1, 0.15) is 36.8 Å². The Hall–Kier alpha value is -7.48. The number of carbonyl (C=O) groups is 2. The average Bonchev–Trinajstić information content (AvgIpc) is 3.31. The third kappa shape index (κ3) is 11.2. The molecule has 2 fully saturated rings. The summed E-state index contributed by atoms with van der Waals surface area (Å²) >= 11 is 0. The first-order valence-electron chi connectivity index (χ1n) is 21.5. The number of hydrogen-bond acceptors (Lipinski definition) is 16. The number of para-hydroxylation sites is 1. The highest BCUT2D eigenvalue weighted by Gasteiger charge is 2.25. The van der Waals surface area contributed by atoms with Crippen LogP contribution in [-0.2, 0) is 19.4 Å². The number of nitrogens with one attached hydrogen (secondary N) is 4. The number of sulfone groups is 1. The number of halogens is 1. The van der Waals surface area contributed by atoms with Gasteiger partial charge in [0, 0.05) is 99.6 Å². The van der Waals surface area contributed by atoms with E-state index in [0.717, 1.165) is 29.9 Å². The van der Waals surface area contributed by atoms with Crippen LogP contribution in [0, 0.1) is 19.7 Å². The van der Waals surface area contributed by atoms with Gasteiger partial charge in [0.05, 0.1) is 0 Å². The summed E-state index contributed by atoms with van der Waals surface area (Å²) in [6.07, 6.45) is 5.10. The van der Waals surface area contributed by atoms with Gasteiger partial charge in [-0.05, 0) is 85.6 Å². The lowest BCUT2D eigenvalue weighted by Crippen LogP contribution is -2.47. The van der Waals surface area contributed by atoms with Crippen LogP contribution in [-0.4, -0.2) is 102 Å². The minimum absolute atomic E-state index is 0.0455. The Bertz CT molecular complexity index is 2800. The van der Waals surface area contributed by atoms with E-state index < -0.39 is 9.84 Å². The van der Waals surface area contributed by atoms with Crippen LogP contribution >= 0.6 is 0 Å². The Morgan fingerprint density at radius 1 is 0.636 bits per heavy atom. The van der Waals surface area contributed by atoms with Crippen LogP contribution < -0.4 is 40.7 Å². The first-order valence-corrected chi connectivity index (χ1v) is 23.4. The summed E-state index contributed by atoms with van der Waals surface area (Å²) in [6.45, 7) is 7.75. The van der Waals surface area contributed by atoms with Crippen molar-refractivity contribution in [1.82, 2.24) is 29.9 Å². The fraction of sp³-hybridized carbons (Fsp3) is 0.304. The van der Waals surface area contributed by atoms with E-state index in [2.05, 4.69) is 61.0 Å². The predicted octanol–water partition coefficient (Wildman–Crippen LogP) is 6.44. The number of piperidine rings is 1. The maximum atomic E-state index is 13.4. The summed E-state index contributed by atoms with van der Waals surface area (Å²) in [6, 6.07) is 24.0. The molecule has 66 heavy (non-hydrogen) atoms. The molecule has 0 bridgehead atoms. The lowest BCUT2D eigenvalue weighted by Gasteiger charge is -2.36. The molecular formula is C46H50FN13O5S. The minimum atomic E-state index is -3.43. The molecule has 8 rings (SSSR count). The van der Waals surface area contributed by atoms with Crippen molar-refractivity contribution < 1.29 is 27.1 Å². The zero-order valence-electron chi connectivity index (χ0n) is 36.7. The van der Waals surface area contributed by atoms with E-state index in [1.165, 1.54) is 31.0 Å². The zero-order valence-corrected chi connectivity index (χ0v) is 37.6. The van der Waals surface area contributed by atoms with E-state index in [1.807, 2.05) is 36.9 Å². The van der Waals surface area contributed by atoms with Crippen molar-refractivity contribution in [2.75, 3.05) is 81.5 Å². The van der Waals surface area contributed by atoms with E-state index in [9.17, 15) is 22.4 Å². The molecule has 0 unspecified atom stereocenters. The molecule has 0 aliphatic carbocycles. The number of carbonyl (C=O) groups excluding carboxylic acids is 2. The Morgan fingerprint density at radius 2 is 1.12 bits per heavy atom. The van der Waals surface area contributed by atoms with Gasteiger partial charge in [0.15, 0.2) is 9.84 Å². The number of anilines is 9. The first-order chi connectivity index (χ1) is 31.9. The number of benzene rings is 4. The number of amides is 2. The van der Waals surface area contributed by atoms with Gasteiger partial charge in [-0.3, -0.25) is 9.59 Å². The maximum Gasteiger partial charge on any atom is 0.232 e. The Kier molecular flexibility index (Phi) is 13.8. The molecule has 0 spiro atoms. The quantitative estimate of drug-likeness (QED) is 0.0873. The number of piperazine rings is 1. The van der Waals surface area contributed by atoms with E-state index in [4.69, 9.17) is 4.74 Å². The molecule has 342 valence electrons. The fourth-order valence-corrected chi connectivity index (χ4v) is 8.54. The van der Waals surface area contributed by atoms with E-state index in [1.54, 1.807) is 54.6 Å². The van der Waals surface area contributed by atoms with Gasteiger partial charge < -0.3 is 40.7 Å². The van der Waals surface area contributed by atoms with Crippen molar-refractivity contribution in [2.45, 2.75) is 50.5 Å². The van der Waals surface area contributed by atoms with Gasteiger partial charge >= 0.3 is 0 Å². The minimum Gasteiger partial charge on any atom is -0.489 e. The molecule has 2 saturated heterocycles. The molecule has 2 amide bonds. The second-order valence-electron chi connectivity index (χ2n) is 16.0. The van der Waals surface area contributed by atoms with Gasteiger partial charge in [-0.15, -0.1) is 0 Å². The highest BCUT2D eigenvalue weighted by molar-refractivity contribution is 7.90. The molecule has 2 aromatic heterocycles. The third-order valence-corrected chi connectivity index (χ3v) is 12.6. The number of aromatic nitrogens is 6. The van der Waals surface area contributed by atoms with Crippen LogP contribution in [0.2, 0.25) is 0 Å². The van der Waals surface area contributed by atoms with Gasteiger partial charge in [-0.25, -0.2) is 32.7 Å². The Balaban J connectivity index is 0.804. The molecule has 0 radical (unpaired) electrons. The maximum absolute atomic E-state index is 13.4. The monoisotopic (exact) mass is 915 g/mol. The number of ether oxygens (including phenoxy) is 1. The largest absolute Gasteiger partial charge is 0.489 e. The van der Waals surface area contributed by atoms with Crippen molar-refractivity contribution in [3.8, 4) is 5.75 Å². The number of rotatable bonds is 15.